The molecule has 20 heavy (non-hydrogen) atoms. The predicted octanol–water partition coefficient (Wildman–Crippen LogP) is 2.70. The van der Waals surface area contributed by atoms with Gasteiger partial charge in [0.15, 0.2) is 5.96 Å². The topological polar surface area (TPSA) is 46.5 Å². The van der Waals surface area contributed by atoms with Gasteiger partial charge in [0.2, 0.25) is 0 Å². The molecule has 1 heterocycles. The van der Waals surface area contributed by atoms with Crippen molar-refractivity contribution < 1.29 is 0 Å². The van der Waals surface area contributed by atoms with E-state index in [-0.39, 0.29) is 0 Å². The third-order valence-electron chi connectivity index (χ3n) is 3.80. The van der Waals surface area contributed by atoms with Crippen molar-refractivity contribution in [2.24, 2.45) is 10.7 Å². The summed E-state index contributed by atoms with van der Waals surface area (Å²) in [5.74, 6) is 0.645. The summed E-state index contributed by atoms with van der Waals surface area (Å²) in [7, 11) is 2.02. The number of fused-ring (bicyclic) bond motifs is 1. The van der Waals surface area contributed by atoms with Gasteiger partial charge in [0.05, 0.1) is 6.54 Å². The molecule has 0 unspecified atom stereocenters. The highest BCUT2D eigenvalue weighted by Crippen LogP contribution is 2.25. The van der Waals surface area contributed by atoms with E-state index in [1.165, 1.54) is 18.4 Å². The minimum atomic E-state index is 0.605. The van der Waals surface area contributed by atoms with Gasteiger partial charge in [-0.15, -0.1) is 0 Å². The van der Waals surface area contributed by atoms with Crippen molar-refractivity contribution in [1.82, 2.24) is 9.47 Å². The summed E-state index contributed by atoms with van der Waals surface area (Å²) in [5.41, 5.74) is 7.16. The Morgan fingerprint density at radius 2 is 2.25 bits per heavy atom. The van der Waals surface area contributed by atoms with Crippen LogP contribution in [-0.2, 0) is 6.54 Å². The average molecular weight is 291 g/mol. The standard InChI is InChI=1S/C15H19ClN4/c1-19(13-3-4-13)15(17)18-7-9-20-8-6-11-10-12(16)2-5-14(11)20/h2,5-6,8,10,13H,3-4,7,9H2,1H3,(H2,17,18). The van der Waals surface area contributed by atoms with Crippen LogP contribution in [0.25, 0.3) is 10.9 Å². The maximum atomic E-state index is 5.99. The highest BCUT2D eigenvalue weighted by Gasteiger charge is 2.27. The number of hydrogen-bond donors (Lipinski definition) is 1. The smallest absolute Gasteiger partial charge is 0.191 e. The van der Waals surface area contributed by atoms with Crippen LogP contribution in [0, 0.1) is 0 Å². The fourth-order valence-electron chi connectivity index (χ4n) is 2.40. The summed E-state index contributed by atoms with van der Waals surface area (Å²) in [6.07, 6.45) is 4.53. The number of halogens is 1. The van der Waals surface area contributed by atoms with Gasteiger partial charge in [0.1, 0.15) is 0 Å². The molecule has 5 heteroatoms. The Kier molecular flexibility index (Phi) is 3.57. The highest BCUT2D eigenvalue weighted by molar-refractivity contribution is 6.31. The van der Waals surface area contributed by atoms with Crippen LogP contribution < -0.4 is 5.73 Å². The van der Waals surface area contributed by atoms with Crippen LogP contribution in [0.5, 0.6) is 0 Å². The van der Waals surface area contributed by atoms with Crippen LogP contribution in [0.4, 0.5) is 0 Å². The van der Waals surface area contributed by atoms with Crippen molar-refractivity contribution in [2.75, 3.05) is 13.6 Å². The van der Waals surface area contributed by atoms with Crippen LogP contribution in [0.15, 0.2) is 35.5 Å². The normalized spacial score (nSPS) is 15.8. The molecule has 2 N–H and O–H groups in total. The van der Waals surface area contributed by atoms with E-state index in [9.17, 15) is 0 Å². The molecule has 0 bridgehead atoms. The second-order valence-electron chi connectivity index (χ2n) is 5.29. The van der Waals surface area contributed by atoms with Crippen LogP contribution in [-0.4, -0.2) is 35.1 Å². The van der Waals surface area contributed by atoms with Crippen LogP contribution >= 0.6 is 11.6 Å². The SMILES string of the molecule is CN(C(N)=NCCn1ccc2cc(Cl)ccc21)C1CC1. The summed E-state index contributed by atoms with van der Waals surface area (Å²) in [5, 5.41) is 1.92. The van der Waals surface area contributed by atoms with Crippen molar-refractivity contribution in [2.45, 2.75) is 25.4 Å². The van der Waals surface area contributed by atoms with Crippen molar-refractivity contribution in [3.8, 4) is 0 Å². The molecule has 4 nitrogen and oxygen atoms in total. The van der Waals surface area contributed by atoms with Crippen molar-refractivity contribution in [3.05, 3.63) is 35.5 Å². The molecular weight excluding hydrogens is 272 g/mol. The van der Waals surface area contributed by atoms with Gasteiger partial charge in [0, 0.05) is 41.8 Å². The van der Waals surface area contributed by atoms with Gasteiger partial charge in [-0.05, 0) is 37.1 Å². The maximum Gasteiger partial charge on any atom is 0.191 e. The van der Waals surface area contributed by atoms with E-state index in [0.29, 0.717) is 18.5 Å². The van der Waals surface area contributed by atoms with Crippen LogP contribution in [0.1, 0.15) is 12.8 Å². The zero-order valence-corrected chi connectivity index (χ0v) is 12.3. The van der Waals surface area contributed by atoms with Crippen molar-refractivity contribution in [3.63, 3.8) is 0 Å². The Bertz CT molecular complexity index is 642. The molecule has 0 atom stereocenters. The lowest BCUT2D eigenvalue weighted by molar-refractivity contribution is 0.486. The maximum absolute atomic E-state index is 5.99. The summed E-state index contributed by atoms with van der Waals surface area (Å²) in [6.45, 7) is 1.51. The zero-order valence-electron chi connectivity index (χ0n) is 11.6. The van der Waals surface area contributed by atoms with E-state index in [0.717, 1.165) is 17.0 Å². The molecule has 1 saturated carbocycles. The number of rotatable bonds is 4. The van der Waals surface area contributed by atoms with Crippen molar-refractivity contribution in [1.29, 1.82) is 0 Å². The van der Waals surface area contributed by atoms with E-state index in [4.69, 9.17) is 17.3 Å². The number of guanidine groups is 1. The molecular formula is C15H19ClN4. The van der Waals surface area contributed by atoms with Gasteiger partial charge in [-0.1, -0.05) is 11.6 Å². The first kappa shape index (κ1) is 13.3. The second kappa shape index (κ2) is 5.37. The molecule has 0 radical (unpaired) electrons. The van der Waals surface area contributed by atoms with E-state index >= 15 is 0 Å². The predicted molar refractivity (Wildman–Crippen MR) is 84.2 cm³/mol. The van der Waals surface area contributed by atoms with Crippen molar-refractivity contribution >= 4 is 28.5 Å². The molecule has 1 fully saturated rings. The van der Waals surface area contributed by atoms with E-state index in [2.05, 4.69) is 26.7 Å². The van der Waals surface area contributed by atoms with Gasteiger partial charge < -0.3 is 15.2 Å². The minimum absolute atomic E-state index is 0.605. The number of benzene rings is 1. The largest absolute Gasteiger partial charge is 0.370 e. The van der Waals surface area contributed by atoms with E-state index in [1.54, 1.807) is 0 Å². The third-order valence-corrected chi connectivity index (χ3v) is 4.04. The monoisotopic (exact) mass is 290 g/mol. The lowest BCUT2D eigenvalue weighted by Crippen LogP contribution is -2.35. The molecule has 1 aromatic heterocycles. The van der Waals surface area contributed by atoms with E-state index < -0.39 is 0 Å². The second-order valence-corrected chi connectivity index (χ2v) is 5.73. The number of aromatic nitrogens is 1. The Hall–Kier alpha value is -1.68. The summed E-state index contributed by atoms with van der Waals surface area (Å²) in [4.78, 5) is 6.53. The fraction of sp³-hybridized carbons (Fsp3) is 0.400. The molecule has 106 valence electrons. The first-order valence-electron chi connectivity index (χ1n) is 6.92. The van der Waals surface area contributed by atoms with Gasteiger partial charge in [-0.3, -0.25) is 4.99 Å². The lowest BCUT2D eigenvalue weighted by Gasteiger charge is -2.16. The Morgan fingerprint density at radius 1 is 1.45 bits per heavy atom. The average Bonchev–Trinajstić information content (AvgIpc) is 3.21. The zero-order chi connectivity index (χ0) is 14.1. The summed E-state index contributed by atoms with van der Waals surface area (Å²) in [6, 6.07) is 8.62. The molecule has 1 aromatic carbocycles. The number of aliphatic imine (C=N–C) groups is 1. The highest BCUT2D eigenvalue weighted by atomic mass is 35.5. The molecule has 0 saturated heterocycles. The fourth-order valence-corrected chi connectivity index (χ4v) is 2.58. The molecule has 0 amide bonds. The lowest BCUT2D eigenvalue weighted by atomic mass is 10.2. The molecule has 0 aliphatic heterocycles. The molecule has 1 aliphatic rings. The van der Waals surface area contributed by atoms with Gasteiger partial charge in [0.25, 0.3) is 0 Å². The first-order chi connectivity index (χ1) is 9.65. The van der Waals surface area contributed by atoms with E-state index in [1.807, 2.05) is 25.2 Å². The number of hydrogen-bond acceptors (Lipinski definition) is 1. The first-order valence-corrected chi connectivity index (χ1v) is 7.30. The quantitative estimate of drug-likeness (QED) is 0.695. The Balaban J connectivity index is 1.66. The third kappa shape index (κ3) is 2.75. The Labute approximate surface area is 123 Å². The summed E-state index contributed by atoms with van der Waals surface area (Å²) < 4.78 is 2.18. The molecule has 3 rings (SSSR count). The molecule has 2 aromatic rings. The molecule has 1 aliphatic carbocycles. The van der Waals surface area contributed by atoms with Gasteiger partial charge in [-0.25, -0.2) is 0 Å². The summed E-state index contributed by atoms with van der Waals surface area (Å²) >= 11 is 5.99. The van der Waals surface area contributed by atoms with Crippen LogP contribution in [0.3, 0.4) is 0 Å². The van der Waals surface area contributed by atoms with Crippen LogP contribution in [0.2, 0.25) is 5.02 Å². The molecule has 0 spiro atoms. The number of nitrogens with two attached hydrogens (primary N) is 1. The minimum Gasteiger partial charge on any atom is -0.370 e. The van der Waals surface area contributed by atoms with Gasteiger partial charge in [-0.2, -0.15) is 0 Å². The Morgan fingerprint density at radius 3 is 3.00 bits per heavy atom. The van der Waals surface area contributed by atoms with Gasteiger partial charge >= 0.3 is 0 Å². The number of nitrogens with zero attached hydrogens (tertiary/aromatic N) is 3.